The van der Waals surface area contributed by atoms with Gasteiger partial charge in [0.15, 0.2) is 0 Å². The number of rotatable bonds is 5. The van der Waals surface area contributed by atoms with Gasteiger partial charge in [-0.2, -0.15) is 0 Å². The van der Waals surface area contributed by atoms with Crippen LogP contribution in [0.3, 0.4) is 0 Å². The van der Waals surface area contributed by atoms with E-state index >= 15 is 0 Å². The molecule has 2 bridgehead atoms. The first-order valence-electron chi connectivity index (χ1n) is 14.4. The Kier molecular flexibility index (Phi) is 5.21. The largest absolute Gasteiger partial charge is 0.508 e. The van der Waals surface area contributed by atoms with Crippen molar-refractivity contribution in [2.75, 3.05) is 19.6 Å². The molecule has 7 rings (SSSR count). The Hall–Kier alpha value is -2.60. The molecule has 0 spiro atoms. The van der Waals surface area contributed by atoms with Gasteiger partial charge >= 0.3 is 0 Å². The van der Waals surface area contributed by atoms with Crippen LogP contribution in [0.25, 0.3) is 0 Å². The SMILES string of the molecule is CCc1ccc(O)cc1C12CCN(CC3CC3)C(C)C13CCC1C2[C@@H](CN1C(=O)c1ccc[nH]c1=O)C3. The molecule has 6 heteroatoms. The third-order valence-electron chi connectivity index (χ3n) is 11.3. The quantitative estimate of drug-likeness (QED) is 0.640. The molecule has 3 saturated carbocycles. The minimum Gasteiger partial charge on any atom is -0.508 e. The van der Waals surface area contributed by atoms with Crippen molar-refractivity contribution in [3.63, 3.8) is 0 Å². The van der Waals surface area contributed by atoms with Crippen LogP contribution in [-0.4, -0.2) is 57.5 Å². The smallest absolute Gasteiger partial charge is 0.260 e. The van der Waals surface area contributed by atoms with E-state index in [4.69, 9.17) is 0 Å². The molecule has 37 heavy (non-hydrogen) atoms. The summed E-state index contributed by atoms with van der Waals surface area (Å²) in [6, 6.07) is 10.1. The maximum atomic E-state index is 13.8. The van der Waals surface area contributed by atoms with E-state index in [1.54, 1.807) is 18.3 Å². The molecule has 1 aromatic heterocycles. The zero-order valence-electron chi connectivity index (χ0n) is 22.1. The number of aryl methyl sites for hydroxylation is 1. The molecule has 6 atom stereocenters. The van der Waals surface area contributed by atoms with Gasteiger partial charge in [-0.1, -0.05) is 13.0 Å². The minimum atomic E-state index is -0.298. The van der Waals surface area contributed by atoms with Crippen LogP contribution in [0.5, 0.6) is 5.75 Å². The van der Waals surface area contributed by atoms with Crippen LogP contribution in [0.1, 0.15) is 73.9 Å². The number of phenolic OH excluding ortho intramolecular Hbond substituents is 1. The molecule has 5 fully saturated rings. The van der Waals surface area contributed by atoms with Crippen LogP contribution in [0.4, 0.5) is 0 Å². The van der Waals surface area contributed by atoms with Gasteiger partial charge in [0.25, 0.3) is 11.5 Å². The number of aromatic amines is 1. The Morgan fingerprint density at radius 2 is 2.03 bits per heavy atom. The number of nitrogens with one attached hydrogen (secondary N) is 1. The molecule has 3 heterocycles. The van der Waals surface area contributed by atoms with Crippen molar-refractivity contribution in [1.29, 1.82) is 0 Å². The summed E-state index contributed by atoms with van der Waals surface area (Å²) in [5.74, 6) is 1.90. The van der Waals surface area contributed by atoms with Crippen LogP contribution in [-0.2, 0) is 11.8 Å². The van der Waals surface area contributed by atoms with Gasteiger partial charge in [0, 0.05) is 36.8 Å². The van der Waals surface area contributed by atoms with Crippen molar-refractivity contribution in [2.24, 2.45) is 23.2 Å². The van der Waals surface area contributed by atoms with E-state index in [-0.39, 0.29) is 33.9 Å². The Bertz CT molecular complexity index is 1300. The van der Waals surface area contributed by atoms with Gasteiger partial charge in [0.1, 0.15) is 11.3 Å². The zero-order valence-corrected chi connectivity index (χ0v) is 22.1. The standard InChI is InChI=1S/C31H39N3O3/c1-3-21-8-9-23(35)15-25(21)31-12-14-33(17-20-6-7-20)19(2)30(31)11-10-26-27(31)22(16-30)18-34(26)29(37)24-5-4-13-32-28(24)36/h4-5,8-9,13,15,19-20,22,26-27,35H,3,6-7,10-12,14,16-18H2,1-2H3,(H,32,36)/t19?,22-,26?,27?,30?,31?/m1/s1. The van der Waals surface area contributed by atoms with E-state index in [0.717, 1.165) is 51.1 Å². The molecule has 1 amide bonds. The first-order valence-corrected chi connectivity index (χ1v) is 14.4. The average molecular weight is 502 g/mol. The number of pyridine rings is 1. The number of carbonyl (C=O) groups excluding carboxylic acids is 1. The summed E-state index contributed by atoms with van der Waals surface area (Å²) >= 11 is 0. The number of piperidine rings is 1. The molecule has 0 radical (unpaired) electrons. The third-order valence-corrected chi connectivity index (χ3v) is 11.3. The third kappa shape index (κ3) is 3.14. The predicted octanol–water partition coefficient (Wildman–Crippen LogP) is 4.33. The Morgan fingerprint density at radius 1 is 1.19 bits per heavy atom. The highest BCUT2D eigenvalue weighted by atomic mass is 16.3. The summed E-state index contributed by atoms with van der Waals surface area (Å²) in [5, 5.41) is 10.7. The first kappa shape index (κ1) is 23.5. The highest BCUT2D eigenvalue weighted by Gasteiger charge is 2.74. The lowest BCUT2D eigenvalue weighted by Crippen LogP contribution is -2.66. The molecule has 6 nitrogen and oxygen atoms in total. The number of likely N-dealkylation sites (tertiary alicyclic amines) is 2. The lowest BCUT2D eigenvalue weighted by atomic mass is 9.46. The van der Waals surface area contributed by atoms with Crippen molar-refractivity contribution in [1.82, 2.24) is 14.8 Å². The van der Waals surface area contributed by atoms with Gasteiger partial charge in [0.05, 0.1) is 0 Å². The van der Waals surface area contributed by atoms with Gasteiger partial charge in [-0.05, 0) is 117 Å². The summed E-state index contributed by atoms with van der Waals surface area (Å²) < 4.78 is 0. The van der Waals surface area contributed by atoms with E-state index in [2.05, 4.69) is 40.8 Å². The van der Waals surface area contributed by atoms with Gasteiger partial charge in [-0.25, -0.2) is 0 Å². The number of amides is 1. The van der Waals surface area contributed by atoms with E-state index in [1.165, 1.54) is 30.5 Å². The number of carbonyl (C=O) groups is 1. The van der Waals surface area contributed by atoms with E-state index in [1.807, 2.05) is 6.07 Å². The van der Waals surface area contributed by atoms with E-state index in [0.29, 0.717) is 23.6 Å². The number of hydrogen-bond donors (Lipinski definition) is 2. The topological polar surface area (TPSA) is 76.6 Å². The fourth-order valence-corrected chi connectivity index (χ4v) is 9.74. The van der Waals surface area contributed by atoms with Crippen LogP contribution >= 0.6 is 0 Å². The molecular weight excluding hydrogens is 462 g/mol. The summed E-state index contributed by atoms with van der Waals surface area (Å²) in [6.07, 6.45) is 9.59. The minimum absolute atomic E-state index is 0.0533. The number of aromatic hydroxyl groups is 1. The summed E-state index contributed by atoms with van der Waals surface area (Å²) in [6.45, 7) is 7.75. The highest BCUT2D eigenvalue weighted by Crippen LogP contribution is 2.73. The molecule has 5 unspecified atom stereocenters. The van der Waals surface area contributed by atoms with Gasteiger partial charge < -0.3 is 15.0 Å². The van der Waals surface area contributed by atoms with Crippen molar-refractivity contribution in [3.8, 4) is 5.75 Å². The Morgan fingerprint density at radius 3 is 2.78 bits per heavy atom. The Balaban J connectivity index is 1.35. The fourth-order valence-electron chi connectivity index (χ4n) is 9.74. The number of aromatic nitrogens is 1. The molecular formula is C31H39N3O3. The first-order chi connectivity index (χ1) is 17.9. The fraction of sp³-hybridized carbons (Fsp3) is 0.613. The van der Waals surface area contributed by atoms with Crippen molar-refractivity contribution in [3.05, 3.63) is 63.6 Å². The number of nitrogens with zero attached hydrogens (tertiary/aromatic N) is 2. The highest BCUT2D eigenvalue weighted by molar-refractivity contribution is 5.94. The molecule has 3 aliphatic carbocycles. The predicted molar refractivity (Wildman–Crippen MR) is 143 cm³/mol. The molecule has 5 aliphatic rings. The molecule has 1 aromatic carbocycles. The molecule has 2 aromatic rings. The lowest BCUT2D eigenvalue weighted by Gasteiger charge is -2.63. The van der Waals surface area contributed by atoms with Gasteiger partial charge in [0.2, 0.25) is 0 Å². The lowest BCUT2D eigenvalue weighted by molar-refractivity contribution is -0.0870. The van der Waals surface area contributed by atoms with Crippen molar-refractivity contribution < 1.29 is 9.90 Å². The maximum Gasteiger partial charge on any atom is 0.260 e. The molecule has 2 aliphatic heterocycles. The maximum absolute atomic E-state index is 13.8. The van der Waals surface area contributed by atoms with Gasteiger partial charge in [-0.3, -0.25) is 14.5 Å². The normalized spacial score (nSPS) is 36.5. The van der Waals surface area contributed by atoms with Gasteiger partial charge in [-0.15, -0.1) is 0 Å². The second-order valence-electron chi connectivity index (χ2n) is 12.7. The van der Waals surface area contributed by atoms with Crippen LogP contribution in [0.2, 0.25) is 0 Å². The second kappa shape index (κ2) is 8.20. The van der Waals surface area contributed by atoms with Crippen LogP contribution in [0.15, 0.2) is 41.3 Å². The summed E-state index contributed by atoms with van der Waals surface area (Å²) in [7, 11) is 0. The van der Waals surface area contributed by atoms with Crippen molar-refractivity contribution >= 4 is 5.91 Å². The Labute approximate surface area is 219 Å². The average Bonchev–Trinajstić information content (AvgIpc) is 3.60. The van der Waals surface area contributed by atoms with Crippen LogP contribution in [0, 0.1) is 23.2 Å². The summed E-state index contributed by atoms with van der Waals surface area (Å²) in [5.41, 5.74) is 2.75. The van der Waals surface area contributed by atoms with Crippen molar-refractivity contribution in [2.45, 2.75) is 76.3 Å². The van der Waals surface area contributed by atoms with E-state index < -0.39 is 0 Å². The molecule has 196 valence electrons. The number of benzene rings is 1. The van der Waals surface area contributed by atoms with Crippen LogP contribution < -0.4 is 5.56 Å². The monoisotopic (exact) mass is 501 g/mol. The summed E-state index contributed by atoms with van der Waals surface area (Å²) in [4.78, 5) is 33.8. The zero-order chi connectivity index (χ0) is 25.5. The molecule has 2 saturated heterocycles. The molecule has 2 N–H and O–H groups in total. The van der Waals surface area contributed by atoms with E-state index in [9.17, 15) is 14.7 Å². The second-order valence-corrected chi connectivity index (χ2v) is 12.7. The number of hydrogen-bond acceptors (Lipinski definition) is 4. The number of phenols is 1. The number of H-pyrrole nitrogens is 1.